The Bertz CT molecular complexity index is 753. The lowest BCUT2D eigenvalue weighted by Gasteiger charge is -2.37. The molecule has 0 saturated carbocycles. The Balaban J connectivity index is 1.54. The van der Waals surface area contributed by atoms with Crippen molar-refractivity contribution in [1.82, 2.24) is 15.5 Å². The van der Waals surface area contributed by atoms with Gasteiger partial charge >= 0.3 is 0 Å². The van der Waals surface area contributed by atoms with Crippen molar-refractivity contribution in [2.24, 2.45) is 10.9 Å². The minimum absolute atomic E-state index is 0.480. The van der Waals surface area contributed by atoms with E-state index in [1.165, 1.54) is 16.3 Å². The van der Waals surface area contributed by atoms with Crippen molar-refractivity contribution in [2.45, 2.75) is 26.4 Å². The molecule has 1 atom stereocenters. The Morgan fingerprint density at radius 2 is 1.81 bits per heavy atom. The Hall–Kier alpha value is -2.11. The first kappa shape index (κ1) is 19.6. The number of aliphatic imine (C=N–C) groups is 1. The molecule has 2 aromatic rings. The van der Waals surface area contributed by atoms with Crippen LogP contribution in [0.15, 0.2) is 47.5 Å². The number of fused-ring (bicyclic) bond motifs is 1. The van der Waals surface area contributed by atoms with E-state index >= 15 is 0 Å². The number of ether oxygens (including phenoxy) is 1. The molecule has 1 fully saturated rings. The molecular formula is C22H32N4O. The molecule has 2 N–H and O–H groups in total. The molecule has 27 heavy (non-hydrogen) atoms. The van der Waals surface area contributed by atoms with Gasteiger partial charge in [-0.15, -0.1) is 0 Å². The van der Waals surface area contributed by atoms with Crippen LogP contribution in [-0.2, 0) is 11.3 Å². The second-order valence-corrected chi connectivity index (χ2v) is 7.45. The van der Waals surface area contributed by atoms with Crippen LogP contribution in [0, 0.1) is 5.92 Å². The summed E-state index contributed by atoms with van der Waals surface area (Å²) in [5.74, 6) is 1.43. The highest BCUT2D eigenvalue weighted by Gasteiger charge is 2.23. The number of nitrogens with one attached hydrogen (secondary N) is 2. The zero-order chi connectivity index (χ0) is 19.1. The zero-order valence-corrected chi connectivity index (χ0v) is 16.7. The van der Waals surface area contributed by atoms with Gasteiger partial charge in [0, 0.05) is 39.3 Å². The second-order valence-electron chi connectivity index (χ2n) is 7.45. The van der Waals surface area contributed by atoms with Gasteiger partial charge in [0.25, 0.3) is 0 Å². The molecule has 5 nitrogen and oxygen atoms in total. The molecule has 0 radical (unpaired) electrons. The van der Waals surface area contributed by atoms with Crippen molar-refractivity contribution in [3.8, 4) is 0 Å². The maximum absolute atomic E-state index is 5.50. The van der Waals surface area contributed by atoms with Crippen molar-refractivity contribution in [1.29, 1.82) is 0 Å². The van der Waals surface area contributed by atoms with Gasteiger partial charge in [0.05, 0.1) is 13.2 Å². The van der Waals surface area contributed by atoms with Crippen molar-refractivity contribution < 1.29 is 4.74 Å². The molecule has 0 aliphatic carbocycles. The van der Waals surface area contributed by atoms with Gasteiger partial charge < -0.3 is 15.4 Å². The number of hydrogen-bond donors (Lipinski definition) is 2. The van der Waals surface area contributed by atoms with E-state index in [1.54, 1.807) is 0 Å². The summed E-state index contributed by atoms with van der Waals surface area (Å²) in [5, 5.41) is 9.50. The maximum Gasteiger partial charge on any atom is 0.191 e. The third-order valence-electron chi connectivity index (χ3n) is 5.26. The molecular weight excluding hydrogens is 336 g/mol. The number of guanidine groups is 1. The molecule has 5 heteroatoms. The predicted molar refractivity (Wildman–Crippen MR) is 113 cm³/mol. The lowest BCUT2D eigenvalue weighted by atomic mass is 10.0. The van der Waals surface area contributed by atoms with E-state index in [0.717, 1.165) is 45.4 Å². The van der Waals surface area contributed by atoms with Gasteiger partial charge in [-0.2, -0.15) is 0 Å². The van der Waals surface area contributed by atoms with Crippen molar-refractivity contribution >= 4 is 16.7 Å². The minimum atomic E-state index is 0.480. The van der Waals surface area contributed by atoms with Gasteiger partial charge in [-0.3, -0.25) is 9.89 Å². The lowest BCUT2D eigenvalue weighted by molar-refractivity contribution is 0.00752. The lowest BCUT2D eigenvalue weighted by Crippen LogP contribution is -2.52. The van der Waals surface area contributed by atoms with E-state index in [1.807, 2.05) is 7.05 Å². The molecule has 0 amide bonds. The predicted octanol–water partition coefficient (Wildman–Crippen LogP) is 2.86. The molecule has 1 saturated heterocycles. The summed E-state index contributed by atoms with van der Waals surface area (Å²) in [6.07, 6.45) is 0. The summed E-state index contributed by atoms with van der Waals surface area (Å²) in [4.78, 5) is 6.92. The van der Waals surface area contributed by atoms with Crippen LogP contribution >= 0.6 is 0 Å². The van der Waals surface area contributed by atoms with Crippen molar-refractivity contribution in [3.05, 3.63) is 48.0 Å². The normalized spacial score (nSPS) is 17.3. The largest absolute Gasteiger partial charge is 0.379 e. The Morgan fingerprint density at radius 3 is 2.52 bits per heavy atom. The standard InChI is InChI=1S/C22H32N4O/c1-17(2)21(26-10-12-27-13-11-26)16-25-22(23-3)24-15-18-8-9-19-6-4-5-7-20(19)14-18/h4-9,14,17,21H,10-13,15-16H2,1-3H3,(H2,23,24,25). The van der Waals surface area contributed by atoms with Gasteiger partial charge in [0.2, 0.25) is 0 Å². The fourth-order valence-corrected chi connectivity index (χ4v) is 3.65. The number of nitrogens with zero attached hydrogens (tertiary/aromatic N) is 2. The topological polar surface area (TPSA) is 48.9 Å². The quantitative estimate of drug-likeness (QED) is 0.608. The van der Waals surface area contributed by atoms with Gasteiger partial charge in [-0.25, -0.2) is 0 Å². The molecule has 1 aliphatic heterocycles. The van der Waals surface area contributed by atoms with E-state index in [-0.39, 0.29) is 0 Å². The fraction of sp³-hybridized carbons (Fsp3) is 0.500. The molecule has 0 spiro atoms. The number of hydrogen-bond acceptors (Lipinski definition) is 3. The summed E-state index contributed by atoms with van der Waals surface area (Å²) in [7, 11) is 1.83. The fourth-order valence-electron chi connectivity index (χ4n) is 3.65. The molecule has 1 aliphatic rings. The maximum atomic E-state index is 5.50. The number of benzene rings is 2. The van der Waals surface area contributed by atoms with Crippen molar-refractivity contribution in [2.75, 3.05) is 39.9 Å². The monoisotopic (exact) mass is 368 g/mol. The van der Waals surface area contributed by atoms with Crippen LogP contribution < -0.4 is 10.6 Å². The zero-order valence-electron chi connectivity index (χ0n) is 16.7. The highest BCUT2D eigenvalue weighted by atomic mass is 16.5. The van der Waals surface area contributed by atoms with E-state index in [2.05, 4.69) is 76.8 Å². The second kappa shape index (κ2) is 9.72. The first-order valence-electron chi connectivity index (χ1n) is 9.91. The van der Waals surface area contributed by atoms with E-state index in [9.17, 15) is 0 Å². The summed E-state index contributed by atoms with van der Waals surface area (Å²) in [6, 6.07) is 15.5. The third-order valence-corrected chi connectivity index (χ3v) is 5.26. The summed E-state index contributed by atoms with van der Waals surface area (Å²) >= 11 is 0. The van der Waals surface area contributed by atoms with Crippen LogP contribution in [0.4, 0.5) is 0 Å². The average Bonchev–Trinajstić information content (AvgIpc) is 2.71. The van der Waals surface area contributed by atoms with E-state index < -0.39 is 0 Å². The first-order valence-corrected chi connectivity index (χ1v) is 9.91. The number of morpholine rings is 1. The van der Waals surface area contributed by atoms with Gasteiger partial charge in [0.1, 0.15) is 0 Å². The molecule has 1 heterocycles. The Kier molecular flexibility index (Phi) is 7.07. The molecule has 0 bridgehead atoms. The van der Waals surface area contributed by atoms with E-state index in [0.29, 0.717) is 12.0 Å². The Morgan fingerprint density at radius 1 is 1.07 bits per heavy atom. The number of rotatable bonds is 6. The summed E-state index contributed by atoms with van der Waals surface area (Å²) in [6.45, 7) is 9.89. The van der Waals surface area contributed by atoms with Crippen LogP contribution in [0.1, 0.15) is 19.4 Å². The van der Waals surface area contributed by atoms with Gasteiger partial charge in [0.15, 0.2) is 5.96 Å². The van der Waals surface area contributed by atoms with Crippen LogP contribution in [0.25, 0.3) is 10.8 Å². The van der Waals surface area contributed by atoms with E-state index in [4.69, 9.17) is 4.74 Å². The third kappa shape index (κ3) is 5.44. The Labute approximate surface area is 162 Å². The highest BCUT2D eigenvalue weighted by molar-refractivity contribution is 5.83. The molecule has 146 valence electrons. The first-order chi connectivity index (χ1) is 13.2. The summed E-state index contributed by atoms with van der Waals surface area (Å²) < 4.78 is 5.50. The SMILES string of the molecule is CN=C(NCc1ccc2ccccc2c1)NCC(C(C)C)N1CCOCC1. The van der Waals surface area contributed by atoms with Crippen LogP contribution in [-0.4, -0.2) is 56.8 Å². The molecule has 0 aromatic heterocycles. The average molecular weight is 369 g/mol. The highest BCUT2D eigenvalue weighted by Crippen LogP contribution is 2.15. The van der Waals surface area contributed by atoms with Crippen LogP contribution in [0.5, 0.6) is 0 Å². The van der Waals surface area contributed by atoms with Gasteiger partial charge in [-0.05, 0) is 28.3 Å². The van der Waals surface area contributed by atoms with Crippen LogP contribution in [0.2, 0.25) is 0 Å². The van der Waals surface area contributed by atoms with Crippen molar-refractivity contribution in [3.63, 3.8) is 0 Å². The molecule has 1 unspecified atom stereocenters. The van der Waals surface area contributed by atoms with Gasteiger partial charge in [-0.1, -0.05) is 50.2 Å². The van der Waals surface area contributed by atoms with Crippen LogP contribution in [0.3, 0.4) is 0 Å². The molecule has 3 rings (SSSR count). The smallest absolute Gasteiger partial charge is 0.191 e. The minimum Gasteiger partial charge on any atom is -0.379 e. The molecule has 2 aromatic carbocycles. The summed E-state index contributed by atoms with van der Waals surface area (Å²) in [5.41, 5.74) is 1.25.